The molecule has 0 aliphatic carbocycles. The van der Waals surface area contributed by atoms with Crippen LogP contribution in [-0.2, 0) is 4.79 Å². The number of nitro benzene ring substituents is 2. The number of likely N-dealkylation sites (N-methyl/N-ethyl adjacent to an activating group) is 6. The number of carbonyl (C=O) groups excluding carboxylic acids is 1. The minimum Gasteiger partial charge on any atom is -0.497 e. The third-order valence-electron chi connectivity index (χ3n) is 21.7. The second kappa shape index (κ2) is 46.9. The number of halogens is 1. The highest BCUT2D eigenvalue weighted by Gasteiger charge is 2.27. The highest BCUT2D eigenvalue weighted by atomic mass is 19.1. The smallest absolute Gasteiger partial charge is 0.307 e. The Morgan fingerprint density at radius 2 is 0.709 bits per heavy atom. The second-order valence-electron chi connectivity index (χ2n) is 32.2. The molecule has 141 heavy (non-hydrogen) atoms. The quantitative estimate of drug-likeness (QED) is 0.00902. The van der Waals surface area contributed by atoms with Crippen LogP contribution in [0.1, 0.15) is 20.8 Å². The van der Waals surface area contributed by atoms with Gasteiger partial charge < -0.3 is 99.6 Å². The summed E-state index contributed by atoms with van der Waals surface area (Å²) in [5.41, 5.74) is 14.3. The van der Waals surface area contributed by atoms with Gasteiger partial charge in [0, 0.05) is 167 Å². The van der Waals surface area contributed by atoms with Gasteiger partial charge in [0.2, 0.25) is 35.5 Å². The van der Waals surface area contributed by atoms with Gasteiger partial charge in [-0.3, -0.25) is 25.0 Å². The van der Waals surface area contributed by atoms with Gasteiger partial charge in [-0.1, -0.05) is 6.58 Å². The van der Waals surface area contributed by atoms with Gasteiger partial charge in [-0.15, -0.1) is 0 Å². The van der Waals surface area contributed by atoms with Crippen LogP contribution in [0.15, 0.2) is 208 Å². The van der Waals surface area contributed by atoms with Crippen molar-refractivity contribution in [3.05, 3.63) is 234 Å². The van der Waals surface area contributed by atoms with Crippen molar-refractivity contribution in [2.75, 3.05) is 205 Å². The molecule has 7 N–H and O–H groups in total. The number of hydrogen-bond acceptors (Lipinski definition) is 36. The molecule has 43 nitrogen and oxygen atoms in total. The van der Waals surface area contributed by atoms with E-state index in [0.29, 0.717) is 119 Å². The number of carbonyl (C=O) groups is 1. The largest absolute Gasteiger partial charge is 0.497 e. The first kappa shape index (κ1) is 101. The molecule has 16 aromatic rings. The Balaban J connectivity index is 0.000000159. The molecule has 8 aromatic carbocycles. The summed E-state index contributed by atoms with van der Waals surface area (Å²) in [7, 11) is 25.5. The molecule has 0 fully saturated rings. The highest BCUT2D eigenvalue weighted by molar-refractivity contribution is 6.02. The van der Waals surface area contributed by atoms with E-state index in [1.54, 1.807) is 114 Å². The van der Waals surface area contributed by atoms with Crippen molar-refractivity contribution in [1.29, 1.82) is 0 Å². The lowest BCUT2D eigenvalue weighted by molar-refractivity contribution is -0.387. The summed E-state index contributed by atoms with van der Waals surface area (Å²) in [5.74, 6) is 6.81. The molecule has 0 atom stereocenters. The molecule has 0 saturated carbocycles. The van der Waals surface area contributed by atoms with E-state index in [4.69, 9.17) is 43.6 Å². The van der Waals surface area contributed by atoms with Crippen molar-refractivity contribution in [2.45, 2.75) is 20.8 Å². The van der Waals surface area contributed by atoms with Crippen LogP contribution in [0.2, 0.25) is 0 Å². The van der Waals surface area contributed by atoms with E-state index in [2.05, 4.69) is 113 Å². The van der Waals surface area contributed by atoms with Gasteiger partial charge >= 0.3 is 5.69 Å². The van der Waals surface area contributed by atoms with E-state index in [-0.39, 0.29) is 34.9 Å². The summed E-state index contributed by atoms with van der Waals surface area (Å²) in [6.45, 7) is 15.9. The molecule has 0 unspecified atom stereocenters. The topological polar surface area (TPSA) is 457 Å². The van der Waals surface area contributed by atoms with E-state index < -0.39 is 21.4 Å². The normalized spacial score (nSPS) is 11.0. The first-order chi connectivity index (χ1) is 68.0. The number of ether oxygens (including phenoxy) is 8. The first-order valence-electron chi connectivity index (χ1n) is 44.4. The van der Waals surface area contributed by atoms with Crippen molar-refractivity contribution in [1.82, 2.24) is 93.7 Å². The van der Waals surface area contributed by atoms with Crippen LogP contribution in [0.25, 0.3) is 66.9 Å². The van der Waals surface area contributed by atoms with Crippen molar-refractivity contribution in [3.8, 4) is 69.3 Å². The zero-order valence-electron chi connectivity index (χ0n) is 81.1. The lowest BCUT2D eigenvalue weighted by Gasteiger charge is -2.26. The Bertz CT molecular complexity index is 7100. The number of aromatic nitrogens is 16. The van der Waals surface area contributed by atoms with Gasteiger partial charge in [0.05, 0.1) is 158 Å². The summed E-state index contributed by atoms with van der Waals surface area (Å²) < 4.78 is 64.7. The zero-order valence-corrected chi connectivity index (χ0v) is 81.1. The number of nitrogens with one attached hydrogen (secondary N) is 5. The summed E-state index contributed by atoms with van der Waals surface area (Å²) in [6, 6.07) is 42.4. The second-order valence-corrected chi connectivity index (χ2v) is 32.2. The Hall–Kier alpha value is -17.4. The van der Waals surface area contributed by atoms with Crippen molar-refractivity contribution in [3.63, 3.8) is 0 Å². The van der Waals surface area contributed by atoms with Gasteiger partial charge in [-0.2, -0.15) is 44.7 Å². The molecule has 1 amide bonds. The van der Waals surface area contributed by atoms with Crippen LogP contribution in [0.5, 0.6) is 46.0 Å². The SMILES string of the molecule is C=CC(=O)Nc1cc(Nc2nccc(-n3ncc4cc(OCC)ccc43)n2)c(OC)cc1N(C)CCN(C)C.CCOc1ccc2c(cnn2-c2ccnc(Nc3cc(N)c(N(C)CCN(C)C)cc3OC)n2)c1.CCOc1ccc2c(cnn2-c2ccnc(Nc3cc([N+](=O)[O-])c(N(C)CCN(C)C)cc3OC)n2)c1.COc1ccc2c(cnn2-c2ccnc(Nc3cc([N+](=O)[O-])c(F)cc3OC)n2)c1. The number of nitro groups is 2. The molecular weight excluding hydrogens is 1810 g/mol. The Morgan fingerprint density at radius 1 is 0.397 bits per heavy atom. The monoisotopic (exact) mass is 1920 g/mol. The van der Waals surface area contributed by atoms with E-state index in [0.717, 1.165) is 117 Å². The number of anilines is 13. The fourth-order valence-electron chi connectivity index (χ4n) is 14.5. The summed E-state index contributed by atoms with van der Waals surface area (Å²) in [5, 5.41) is 59.8. The minimum absolute atomic E-state index is 0.0520. The number of methoxy groups -OCH3 is 5. The summed E-state index contributed by atoms with van der Waals surface area (Å²) in [6.07, 6.45) is 14.7. The van der Waals surface area contributed by atoms with E-state index in [1.807, 2.05) is 191 Å². The fourth-order valence-corrected chi connectivity index (χ4v) is 14.5. The van der Waals surface area contributed by atoms with E-state index in [9.17, 15) is 29.4 Å². The third kappa shape index (κ3) is 25.1. The average Bonchev–Trinajstić information content (AvgIpc) is 1.70. The molecule has 16 rings (SSSR count). The standard InChI is InChI=1S/C28H34N8O3.C25H30N8O4.C25H32N8O2.C19H15FN6O4/c1-7-27(37)31-21-16-22(25(38-6)17-24(21)35(5)14-13-34(3)4)32-28-29-12-11-26(33-28)36-23-10-9-20(39-8-2)15-19(23)18-30-36;1-6-37-18-7-8-20-17(13-18)16-27-32(20)24-9-10-26-25(29-24)28-19-14-22(33(34)35)21(15-23(19)36-5)31(4)12-11-30(2)3;1-6-35-18-7-8-21-17(13-18)16-28-33(21)24-9-10-27-25(30-24)29-20-14-19(26)22(15-23(20)34-5)32(4)12-11-31(2)3;1-29-12-3-4-15-11(7-12)10-22-25(15)18-5-6-21-19(24-18)23-14-9-16(26(27)28)13(20)8-17(14)30-2/h7,9-12,15-18H,1,8,13-14H2,2-6H3,(H,31,37)(H,29,32,33);7-10,13-16H,6,11-12H2,1-5H3,(H,26,28,29);7-10,13-16H,6,11-12,26H2,1-5H3,(H,27,29,30);3-10H,1-2H3,(H,21,23,24). The molecule has 0 spiro atoms. The molecule has 0 bridgehead atoms. The molecule has 0 aliphatic rings. The Kier molecular flexibility index (Phi) is 33.6. The van der Waals surface area contributed by atoms with Gasteiger partial charge in [0.15, 0.2) is 23.3 Å². The van der Waals surface area contributed by atoms with E-state index >= 15 is 0 Å². The lowest BCUT2D eigenvalue weighted by Crippen LogP contribution is -2.29. The number of hydrogen-bond donors (Lipinski definition) is 6. The molecule has 44 heteroatoms. The number of fused-ring (bicyclic) bond motifs is 4. The molecule has 8 heterocycles. The van der Waals surface area contributed by atoms with Gasteiger partial charge in [0.25, 0.3) is 5.69 Å². The molecule has 0 radical (unpaired) electrons. The molecule has 0 aliphatic heterocycles. The Labute approximate surface area is 811 Å². The number of rotatable bonds is 39. The maximum Gasteiger partial charge on any atom is 0.307 e. The van der Waals surface area contributed by atoms with E-state index in [1.165, 1.54) is 32.6 Å². The van der Waals surface area contributed by atoms with Crippen LogP contribution in [-0.4, -0.2) is 268 Å². The minimum atomic E-state index is -1.00. The summed E-state index contributed by atoms with van der Waals surface area (Å²) in [4.78, 5) is 81.7. The maximum atomic E-state index is 13.9. The molecular formula is C97H111FN30O13. The highest BCUT2D eigenvalue weighted by Crippen LogP contribution is 2.43. The lowest BCUT2D eigenvalue weighted by atomic mass is 10.2. The molecule has 0 saturated heterocycles. The first-order valence-corrected chi connectivity index (χ1v) is 44.4. The average molecular weight is 1920 g/mol. The molecule has 734 valence electrons. The molecule has 8 aromatic heterocycles. The zero-order chi connectivity index (χ0) is 101. The maximum absolute atomic E-state index is 13.9. The predicted octanol–water partition coefficient (Wildman–Crippen LogP) is 15.1. The van der Waals surface area contributed by atoms with Crippen LogP contribution >= 0.6 is 0 Å². The van der Waals surface area contributed by atoms with Crippen molar-refractivity contribution in [2.24, 2.45) is 0 Å². The number of amides is 1. The van der Waals surface area contributed by atoms with Crippen LogP contribution in [0.4, 0.5) is 90.7 Å². The number of benzene rings is 8. The number of nitrogens with two attached hydrogens (primary N) is 1. The van der Waals surface area contributed by atoms with Gasteiger partial charge in [-0.25, -0.2) is 38.7 Å². The number of nitrogens with zero attached hydrogens (tertiary/aromatic N) is 24. The van der Waals surface area contributed by atoms with Crippen LogP contribution < -0.4 is 84.9 Å². The Morgan fingerprint density at radius 3 is 1.05 bits per heavy atom. The number of nitrogen functional groups attached to an aromatic ring is 1. The van der Waals surface area contributed by atoms with Gasteiger partial charge in [0.1, 0.15) is 51.7 Å². The predicted molar refractivity (Wildman–Crippen MR) is 544 cm³/mol. The van der Waals surface area contributed by atoms with Crippen molar-refractivity contribution < 1.29 is 56.9 Å². The van der Waals surface area contributed by atoms with Crippen LogP contribution in [0, 0.1) is 26.0 Å². The summed E-state index contributed by atoms with van der Waals surface area (Å²) >= 11 is 0. The van der Waals surface area contributed by atoms with Gasteiger partial charge in [-0.05, 0) is 154 Å². The third-order valence-corrected chi connectivity index (χ3v) is 21.7. The fraction of sp³-hybridized carbons (Fsp3) is 0.268. The van der Waals surface area contributed by atoms with Crippen molar-refractivity contribution >= 4 is 136 Å². The van der Waals surface area contributed by atoms with Crippen LogP contribution in [0.3, 0.4) is 0 Å².